The number of carbonyl (C=O) groups is 1. The lowest BCUT2D eigenvalue weighted by Crippen LogP contribution is -2.48. The second-order valence-electron chi connectivity index (χ2n) is 7.48. The van der Waals surface area contributed by atoms with Gasteiger partial charge in [-0.25, -0.2) is 4.79 Å². The highest BCUT2D eigenvalue weighted by atomic mass is 35.5. The van der Waals surface area contributed by atoms with Crippen LogP contribution >= 0.6 is 23.2 Å². The number of carbonyl (C=O) groups excluding carboxylic acids is 1. The van der Waals surface area contributed by atoms with Crippen molar-refractivity contribution in [3.63, 3.8) is 0 Å². The Morgan fingerprint density at radius 3 is 2.62 bits per heavy atom. The second-order valence-corrected chi connectivity index (χ2v) is 8.23. The minimum atomic E-state index is -0.225. The Morgan fingerprint density at radius 1 is 1.28 bits per heavy atom. The zero-order valence-corrected chi connectivity index (χ0v) is 18.5. The number of nitrogens with one attached hydrogen (secondary N) is 1. The van der Waals surface area contributed by atoms with Crippen molar-refractivity contribution in [2.24, 2.45) is 0 Å². The average molecular weight is 436 g/mol. The van der Waals surface area contributed by atoms with Crippen molar-refractivity contribution in [1.82, 2.24) is 25.1 Å². The van der Waals surface area contributed by atoms with E-state index < -0.39 is 0 Å². The highest BCUT2D eigenvalue weighted by molar-refractivity contribution is 6.44. The molecule has 1 atom stereocenters. The fourth-order valence-corrected chi connectivity index (χ4v) is 4.23. The van der Waals surface area contributed by atoms with Crippen LogP contribution in [0, 0.1) is 0 Å². The van der Waals surface area contributed by atoms with E-state index in [0.717, 1.165) is 37.1 Å². The number of urea groups is 1. The number of piperidine rings is 1. The van der Waals surface area contributed by atoms with Gasteiger partial charge in [0.2, 0.25) is 0 Å². The number of halogens is 2. The van der Waals surface area contributed by atoms with Crippen LogP contribution in [-0.2, 0) is 0 Å². The van der Waals surface area contributed by atoms with Gasteiger partial charge in [0.1, 0.15) is 0 Å². The van der Waals surface area contributed by atoms with Crippen LogP contribution < -0.4 is 5.32 Å². The molecule has 156 valence electrons. The first-order chi connectivity index (χ1) is 13.9. The summed E-state index contributed by atoms with van der Waals surface area (Å²) in [6.45, 7) is 4.02. The number of nitrogens with zero attached hydrogens (tertiary/aromatic N) is 4. The average Bonchev–Trinajstić information content (AvgIpc) is 2.74. The topological polar surface area (TPSA) is 61.4 Å². The Bertz CT molecular complexity index is 840. The van der Waals surface area contributed by atoms with Crippen LogP contribution in [-0.4, -0.2) is 59.0 Å². The Hall–Kier alpha value is -1.89. The molecule has 1 saturated heterocycles. The summed E-state index contributed by atoms with van der Waals surface area (Å²) >= 11 is 13.1. The molecule has 3 rings (SSSR count). The second kappa shape index (κ2) is 9.74. The molecule has 0 saturated carbocycles. The monoisotopic (exact) mass is 435 g/mol. The molecule has 0 unspecified atom stereocenters. The lowest BCUT2D eigenvalue weighted by Gasteiger charge is -2.36. The zero-order chi connectivity index (χ0) is 21.0. The quantitative estimate of drug-likeness (QED) is 0.742. The van der Waals surface area contributed by atoms with Gasteiger partial charge in [0.05, 0.1) is 28.0 Å². The van der Waals surface area contributed by atoms with E-state index in [2.05, 4.69) is 27.2 Å². The van der Waals surface area contributed by atoms with E-state index in [1.807, 2.05) is 31.0 Å². The third-order valence-corrected chi connectivity index (χ3v) is 6.49. The maximum Gasteiger partial charge on any atom is 0.317 e. The highest BCUT2D eigenvalue weighted by Crippen LogP contribution is 2.38. The fraction of sp³-hybridized carbons (Fsp3) is 0.476. The molecule has 1 N–H and O–H groups in total. The molecule has 2 amide bonds. The lowest BCUT2D eigenvalue weighted by molar-refractivity contribution is 0.145. The molecule has 2 heterocycles. The number of benzene rings is 1. The summed E-state index contributed by atoms with van der Waals surface area (Å²) in [7, 11) is 3.98. The van der Waals surface area contributed by atoms with Crippen molar-refractivity contribution in [2.75, 3.05) is 27.2 Å². The van der Waals surface area contributed by atoms with Gasteiger partial charge in [0, 0.05) is 31.0 Å². The van der Waals surface area contributed by atoms with E-state index >= 15 is 0 Å². The normalized spacial score (nSPS) is 16.4. The first-order valence-corrected chi connectivity index (χ1v) is 10.6. The molecule has 0 radical (unpaired) electrons. The van der Waals surface area contributed by atoms with Crippen molar-refractivity contribution in [3.8, 4) is 11.3 Å². The van der Waals surface area contributed by atoms with Crippen molar-refractivity contribution in [3.05, 3.63) is 46.3 Å². The summed E-state index contributed by atoms with van der Waals surface area (Å²) in [5.41, 5.74) is 2.18. The van der Waals surface area contributed by atoms with Gasteiger partial charge >= 0.3 is 6.03 Å². The molecule has 6 nitrogen and oxygen atoms in total. The standard InChI is InChI=1S/C21H27Cl2N5O/c1-4-17(26-21(29)28(3)14-7-11-27(2)12-8-14)15-5-6-16(20(23)19(15)22)18-13-24-9-10-25-18/h5-6,9-10,13-14,17H,4,7-8,11-12H2,1-3H3,(H,26,29)/t17-/m0/s1. The number of amides is 2. The van der Waals surface area contributed by atoms with E-state index in [0.29, 0.717) is 22.2 Å². The van der Waals surface area contributed by atoms with Crippen LogP contribution in [0.1, 0.15) is 37.8 Å². The number of aromatic nitrogens is 2. The molecule has 2 aromatic rings. The number of likely N-dealkylation sites (tertiary alicyclic amines) is 1. The lowest BCUT2D eigenvalue weighted by atomic mass is 10.0. The first kappa shape index (κ1) is 21.8. The Balaban J connectivity index is 1.76. The molecule has 0 spiro atoms. The van der Waals surface area contributed by atoms with E-state index in [9.17, 15) is 4.79 Å². The molecular weight excluding hydrogens is 409 g/mol. The van der Waals surface area contributed by atoms with Crippen LogP contribution in [0.4, 0.5) is 4.79 Å². The van der Waals surface area contributed by atoms with Gasteiger partial charge in [-0.05, 0) is 45.0 Å². The summed E-state index contributed by atoms with van der Waals surface area (Å²) < 4.78 is 0. The van der Waals surface area contributed by atoms with E-state index in [-0.39, 0.29) is 18.1 Å². The third kappa shape index (κ3) is 5.00. The van der Waals surface area contributed by atoms with Crippen molar-refractivity contribution in [2.45, 2.75) is 38.3 Å². The third-order valence-electron chi connectivity index (χ3n) is 5.59. The molecule has 1 aliphatic heterocycles. The predicted molar refractivity (Wildman–Crippen MR) is 117 cm³/mol. The van der Waals surface area contributed by atoms with Crippen molar-refractivity contribution in [1.29, 1.82) is 0 Å². The SMILES string of the molecule is CC[C@H](NC(=O)N(C)C1CCN(C)CC1)c1ccc(-c2cnccn2)c(Cl)c1Cl. The molecule has 1 aromatic carbocycles. The smallest absolute Gasteiger partial charge is 0.317 e. The van der Waals surface area contributed by atoms with Crippen LogP contribution in [0.3, 0.4) is 0 Å². The van der Waals surface area contributed by atoms with Crippen LogP contribution in [0.15, 0.2) is 30.7 Å². The first-order valence-electron chi connectivity index (χ1n) is 9.88. The fourth-order valence-electron chi connectivity index (χ4n) is 3.67. The summed E-state index contributed by atoms with van der Waals surface area (Å²) in [6.07, 6.45) is 7.53. The number of hydrogen-bond acceptors (Lipinski definition) is 4. The van der Waals surface area contributed by atoms with Gasteiger partial charge in [-0.15, -0.1) is 0 Å². The Kier molecular flexibility index (Phi) is 7.33. The minimum absolute atomic E-state index is 0.0865. The molecule has 0 bridgehead atoms. The van der Waals surface area contributed by atoms with Crippen LogP contribution in [0.25, 0.3) is 11.3 Å². The Morgan fingerprint density at radius 2 is 2.00 bits per heavy atom. The highest BCUT2D eigenvalue weighted by Gasteiger charge is 2.26. The Labute approximate surface area is 182 Å². The summed E-state index contributed by atoms with van der Waals surface area (Å²) in [5.74, 6) is 0. The molecular formula is C21H27Cl2N5O. The summed E-state index contributed by atoms with van der Waals surface area (Å²) in [6, 6.07) is 3.72. The molecule has 1 aromatic heterocycles. The molecule has 0 aliphatic carbocycles. The molecule has 8 heteroatoms. The molecule has 1 fully saturated rings. The van der Waals surface area contributed by atoms with Gasteiger partial charge in [-0.1, -0.05) is 42.3 Å². The van der Waals surface area contributed by atoms with Gasteiger partial charge in [0.25, 0.3) is 0 Å². The van der Waals surface area contributed by atoms with Gasteiger partial charge in [-0.3, -0.25) is 9.97 Å². The predicted octanol–water partition coefficient (Wildman–Crippen LogP) is 4.64. The summed E-state index contributed by atoms with van der Waals surface area (Å²) in [4.78, 5) is 25.3. The van der Waals surface area contributed by atoms with Gasteiger partial charge in [0.15, 0.2) is 0 Å². The maximum atomic E-state index is 12.9. The van der Waals surface area contributed by atoms with E-state index in [1.54, 1.807) is 18.6 Å². The number of hydrogen-bond donors (Lipinski definition) is 1. The molecule has 29 heavy (non-hydrogen) atoms. The number of rotatable bonds is 5. The van der Waals surface area contributed by atoms with Crippen molar-refractivity contribution < 1.29 is 4.79 Å². The van der Waals surface area contributed by atoms with Crippen LogP contribution in [0.2, 0.25) is 10.0 Å². The molecule has 1 aliphatic rings. The zero-order valence-electron chi connectivity index (χ0n) is 17.0. The summed E-state index contributed by atoms with van der Waals surface area (Å²) in [5, 5.41) is 3.97. The minimum Gasteiger partial charge on any atom is -0.331 e. The van der Waals surface area contributed by atoms with Crippen LogP contribution in [0.5, 0.6) is 0 Å². The van der Waals surface area contributed by atoms with Gasteiger partial charge in [-0.2, -0.15) is 0 Å². The maximum absolute atomic E-state index is 12.9. The van der Waals surface area contributed by atoms with Gasteiger partial charge < -0.3 is 15.1 Å². The van der Waals surface area contributed by atoms with E-state index in [1.165, 1.54) is 0 Å². The van der Waals surface area contributed by atoms with E-state index in [4.69, 9.17) is 23.2 Å². The van der Waals surface area contributed by atoms with Crippen molar-refractivity contribution >= 4 is 29.2 Å². The largest absolute Gasteiger partial charge is 0.331 e.